The molecule has 0 spiro atoms. The van der Waals surface area contributed by atoms with Gasteiger partial charge in [-0.3, -0.25) is 0 Å². The van der Waals surface area contributed by atoms with E-state index in [0.29, 0.717) is 4.47 Å². The predicted molar refractivity (Wildman–Crippen MR) is 50.4 cm³/mol. The fourth-order valence-electron chi connectivity index (χ4n) is 0.875. The lowest BCUT2D eigenvalue weighted by Gasteiger charge is -2.10. The quantitative estimate of drug-likeness (QED) is 0.833. The summed E-state index contributed by atoms with van der Waals surface area (Å²) in [5, 5.41) is 8.64. The molecule has 6 heteroatoms. The first-order chi connectivity index (χ1) is 6.92. The van der Waals surface area contributed by atoms with Gasteiger partial charge in [0.15, 0.2) is 6.61 Å². The van der Waals surface area contributed by atoms with Gasteiger partial charge in [0.1, 0.15) is 11.8 Å². The molecule has 0 N–H and O–H groups in total. The molecule has 0 saturated heterocycles. The molecular formula is C9H5BrF3NO. The summed E-state index contributed by atoms with van der Waals surface area (Å²) in [4.78, 5) is 0. The van der Waals surface area contributed by atoms with Crippen molar-refractivity contribution in [1.29, 1.82) is 5.26 Å². The highest BCUT2D eigenvalue weighted by Gasteiger charge is 2.28. The topological polar surface area (TPSA) is 33.0 Å². The molecule has 1 aromatic carbocycles. The summed E-state index contributed by atoms with van der Waals surface area (Å²) in [6.45, 7) is -1.40. The summed E-state index contributed by atoms with van der Waals surface area (Å²) in [5.41, 5.74) is 0.0635. The monoisotopic (exact) mass is 279 g/mol. The number of benzene rings is 1. The van der Waals surface area contributed by atoms with Crippen LogP contribution in [0.15, 0.2) is 22.7 Å². The number of alkyl halides is 3. The summed E-state index contributed by atoms with van der Waals surface area (Å²) in [6.07, 6.45) is -4.40. The van der Waals surface area contributed by atoms with E-state index in [1.165, 1.54) is 18.2 Å². The molecule has 1 rings (SSSR count). The molecule has 0 heterocycles. The zero-order valence-electron chi connectivity index (χ0n) is 7.31. The van der Waals surface area contributed by atoms with E-state index in [1.807, 2.05) is 0 Å². The van der Waals surface area contributed by atoms with E-state index in [1.54, 1.807) is 6.07 Å². The van der Waals surface area contributed by atoms with Crippen LogP contribution in [-0.2, 0) is 0 Å². The van der Waals surface area contributed by atoms with Crippen molar-refractivity contribution in [2.75, 3.05) is 6.61 Å². The van der Waals surface area contributed by atoms with Gasteiger partial charge < -0.3 is 4.74 Å². The Morgan fingerprint density at radius 1 is 1.40 bits per heavy atom. The lowest BCUT2D eigenvalue weighted by molar-refractivity contribution is -0.153. The zero-order valence-corrected chi connectivity index (χ0v) is 8.89. The van der Waals surface area contributed by atoms with Crippen LogP contribution in [0.1, 0.15) is 5.56 Å². The Hall–Kier alpha value is -1.22. The lowest BCUT2D eigenvalue weighted by Crippen LogP contribution is -2.19. The summed E-state index contributed by atoms with van der Waals surface area (Å²) in [7, 11) is 0. The third-order valence-corrected chi connectivity index (χ3v) is 1.95. The molecule has 1 aromatic rings. The Kier molecular flexibility index (Phi) is 3.58. The molecular weight excluding hydrogens is 275 g/mol. The van der Waals surface area contributed by atoms with Crippen molar-refractivity contribution in [3.8, 4) is 11.8 Å². The van der Waals surface area contributed by atoms with E-state index >= 15 is 0 Å². The van der Waals surface area contributed by atoms with Gasteiger partial charge in [-0.15, -0.1) is 0 Å². The molecule has 0 aliphatic heterocycles. The van der Waals surface area contributed by atoms with Crippen molar-refractivity contribution in [3.05, 3.63) is 28.2 Å². The van der Waals surface area contributed by atoms with Gasteiger partial charge in [0.25, 0.3) is 0 Å². The Morgan fingerprint density at radius 3 is 2.60 bits per heavy atom. The van der Waals surface area contributed by atoms with E-state index in [2.05, 4.69) is 20.7 Å². The SMILES string of the molecule is N#Cc1cc(Br)ccc1OCC(F)(F)F. The number of nitrogens with zero attached hydrogens (tertiary/aromatic N) is 1. The summed E-state index contributed by atoms with van der Waals surface area (Å²) in [5.74, 6) is -0.0713. The average Bonchev–Trinajstić information content (AvgIpc) is 2.14. The molecule has 0 aliphatic rings. The van der Waals surface area contributed by atoms with E-state index < -0.39 is 12.8 Å². The minimum atomic E-state index is -4.40. The van der Waals surface area contributed by atoms with Crippen molar-refractivity contribution in [2.45, 2.75) is 6.18 Å². The van der Waals surface area contributed by atoms with Crippen LogP contribution in [0.4, 0.5) is 13.2 Å². The van der Waals surface area contributed by atoms with Crippen molar-refractivity contribution in [2.24, 2.45) is 0 Å². The fourth-order valence-corrected chi connectivity index (χ4v) is 1.24. The highest BCUT2D eigenvalue weighted by molar-refractivity contribution is 9.10. The Labute approximate surface area is 92.4 Å². The van der Waals surface area contributed by atoms with Gasteiger partial charge in [0, 0.05) is 4.47 Å². The number of halogens is 4. The van der Waals surface area contributed by atoms with Crippen molar-refractivity contribution in [3.63, 3.8) is 0 Å². The minimum Gasteiger partial charge on any atom is -0.483 e. The fraction of sp³-hybridized carbons (Fsp3) is 0.222. The molecule has 0 atom stereocenters. The van der Waals surface area contributed by atoms with Crippen LogP contribution in [0.3, 0.4) is 0 Å². The molecule has 0 fully saturated rings. The minimum absolute atomic E-state index is 0.0635. The second-order valence-electron chi connectivity index (χ2n) is 2.66. The Morgan fingerprint density at radius 2 is 2.07 bits per heavy atom. The maximum Gasteiger partial charge on any atom is 0.422 e. The van der Waals surface area contributed by atoms with E-state index in [4.69, 9.17) is 5.26 Å². The van der Waals surface area contributed by atoms with Crippen LogP contribution in [0.2, 0.25) is 0 Å². The highest BCUT2D eigenvalue weighted by Crippen LogP contribution is 2.24. The Balaban J connectivity index is 2.82. The van der Waals surface area contributed by atoms with Crippen molar-refractivity contribution >= 4 is 15.9 Å². The third-order valence-electron chi connectivity index (χ3n) is 1.45. The molecule has 0 bridgehead atoms. The maximum atomic E-state index is 11.8. The molecule has 0 unspecified atom stereocenters. The number of ether oxygens (including phenoxy) is 1. The Bertz CT molecular complexity index is 397. The van der Waals surface area contributed by atoms with Crippen LogP contribution < -0.4 is 4.74 Å². The molecule has 0 aromatic heterocycles. The van der Waals surface area contributed by atoms with Crippen LogP contribution in [0.5, 0.6) is 5.75 Å². The number of nitriles is 1. The molecule has 0 amide bonds. The smallest absolute Gasteiger partial charge is 0.422 e. The molecule has 80 valence electrons. The van der Waals surface area contributed by atoms with E-state index in [0.717, 1.165) is 0 Å². The van der Waals surface area contributed by atoms with Gasteiger partial charge in [-0.25, -0.2) is 0 Å². The normalized spacial score (nSPS) is 10.9. The van der Waals surface area contributed by atoms with Crippen LogP contribution in [-0.4, -0.2) is 12.8 Å². The van der Waals surface area contributed by atoms with Gasteiger partial charge in [0.05, 0.1) is 5.56 Å². The number of rotatable bonds is 2. The molecule has 0 aliphatic carbocycles. The first kappa shape index (κ1) is 11.9. The average molecular weight is 280 g/mol. The summed E-state index contributed by atoms with van der Waals surface area (Å²) in [6, 6.07) is 5.97. The van der Waals surface area contributed by atoms with Gasteiger partial charge in [-0.1, -0.05) is 15.9 Å². The largest absolute Gasteiger partial charge is 0.483 e. The second kappa shape index (κ2) is 4.53. The molecule has 0 saturated carbocycles. The molecule has 0 radical (unpaired) electrons. The first-order valence-electron chi connectivity index (χ1n) is 3.81. The first-order valence-corrected chi connectivity index (χ1v) is 4.61. The van der Waals surface area contributed by atoms with Crippen LogP contribution in [0.25, 0.3) is 0 Å². The number of hydrogen-bond donors (Lipinski definition) is 0. The number of hydrogen-bond acceptors (Lipinski definition) is 2. The highest BCUT2D eigenvalue weighted by atomic mass is 79.9. The van der Waals surface area contributed by atoms with E-state index in [9.17, 15) is 13.2 Å². The predicted octanol–water partition coefficient (Wildman–Crippen LogP) is 3.26. The van der Waals surface area contributed by atoms with Gasteiger partial charge in [0.2, 0.25) is 0 Å². The standard InChI is InChI=1S/C9H5BrF3NO/c10-7-1-2-8(6(3-7)4-14)15-5-9(11,12)13/h1-3H,5H2. The zero-order chi connectivity index (χ0) is 11.5. The van der Waals surface area contributed by atoms with Gasteiger partial charge >= 0.3 is 6.18 Å². The van der Waals surface area contributed by atoms with E-state index in [-0.39, 0.29) is 11.3 Å². The third kappa shape index (κ3) is 3.80. The van der Waals surface area contributed by atoms with Gasteiger partial charge in [-0.2, -0.15) is 18.4 Å². The van der Waals surface area contributed by atoms with Crippen LogP contribution in [0, 0.1) is 11.3 Å². The van der Waals surface area contributed by atoms with Gasteiger partial charge in [-0.05, 0) is 18.2 Å². The van der Waals surface area contributed by atoms with Crippen LogP contribution >= 0.6 is 15.9 Å². The molecule has 2 nitrogen and oxygen atoms in total. The second-order valence-corrected chi connectivity index (χ2v) is 3.57. The summed E-state index contributed by atoms with van der Waals surface area (Å²) < 4.78 is 40.6. The summed E-state index contributed by atoms with van der Waals surface area (Å²) >= 11 is 3.10. The van der Waals surface area contributed by atoms with Crippen molar-refractivity contribution < 1.29 is 17.9 Å². The van der Waals surface area contributed by atoms with Crippen molar-refractivity contribution in [1.82, 2.24) is 0 Å². The molecule has 15 heavy (non-hydrogen) atoms. The maximum absolute atomic E-state index is 11.8. The lowest BCUT2D eigenvalue weighted by atomic mass is 10.2.